The maximum Gasteiger partial charge on any atom is 1.00 e. The zero-order chi connectivity index (χ0) is 8.31. The summed E-state index contributed by atoms with van der Waals surface area (Å²) >= 11 is 0. The summed E-state index contributed by atoms with van der Waals surface area (Å²) < 4.78 is 0. The molecule has 0 saturated carbocycles. The molecule has 0 amide bonds. The van der Waals surface area contributed by atoms with Gasteiger partial charge in [0.05, 0.1) is 0 Å². The molecule has 0 aromatic rings. The first-order chi connectivity index (χ1) is 4.46. The molecule has 78 valence electrons. The summed E-state index contributed by atoms with van der Waals surface area (Å²) in [6.07, 6.45) is -4.53. The summed E-state index contributed by atoms with van der Waals surface area (Å²) in [7, 11) is 0. The zero-order valence-electron chi connectivity index (χ0n) is 9.76. The molecule has 0 bridgehead atoms. The molecule has 2 unspecified atom stereocenters. The first kappa shape index (κ1) is 29.3. The Labute approximate surface area is 126 Å². The van der Waals surface area contributed by atoms with E-state index in [-0.39, 0.29) is 72.9 Å². The summed E-state index contributed by atoms with van der Waals surface area (Å²) in [4.78, 5) is 19.5. The molecule has 0 saturated heterocycles. The molecule has 0 aromatic heterocycles. The minimum Gasteiger partial charge on any atom is -1.00 e. The monoisotopic (exact) mass is 234 g/mol. The van der Waals surface area contributed by atoms with Gasteiger partial charge in [-0.25, -0.2) is 9.59 Å². The van der Waals surface area contributed by atoms with Gasteiger partial charge < -0.3 is 34.2 Å². The number of aliphatic carboxylic acids is 2. The average molecular weight is 234 g/mol. The normalized spacial score (nSPS) is 11.3. The number of rotatable bonds is 3. The number of carboxylic acids is 2. The minimum atomic E-state index is -2.27. The molecule has 8 N–H and O–H groups in total. The van der Waals surface area contributed by atoms with Crippen molar-refractivity contribution in [3.05, 3.63) is 0 Å². The maximum atomic E-state index is 9.77. The van der Waals surface area contributed by atoms with Crippen LogP contribution in [0.15, 0.2) is 0 Å². The van der Waals surface area contributed by atoms with Gasteiger partial charge in [-0.2, -0.15) is 0 Å². The molecule has 0 aliphatic heterocycles. The Kier molecular flexibility index (Phi) is 28.9. The van der Waals surface area contributed by atoms with Crippen molar-refractivity contribution in [1.29, 1.82) is 0 Å². The number of aliphatic hydroxyl groups excluding tert-OH is 2. The van der Waals surface area contributed by atoms with Crippen LogP contribution in [0.5, 0.6) is 0 Å². The summed E-state index contributed by atoms with van der Waals surface area (Å²) in [6.45, 7) is 0. The van der Waals surface area contributed by atoms with Crippen molar-refractivity contribution >= 4 is 11.9 Å². The Morgan fingerprint density at radius 2 is 1.00 bits per heavy atom. The topological polar surface area (TPSA) is 178 Å². The van der Waals surface area contributed by atoms with Crippen LogP contribution in [0.4, 0.5) is 0 Å². The quantitative estimate of drug-likeness (QED) is 0.352. The second-order valence-electron chi connectivity index (χ2n) is 1.57. The zero-order valence-corrected chi connectivity index (χ0v) is 11.8. The van der Waals surface area contributed by atoms with Gasteiger partial charge in [-0.15, -0.1) is 0 Å². The second kappa shape index (κ2) is 13.8. The van der Waals surface area contributed by atoms with Crippen LogP contribution in [0.1, 0.15) is 2.85 Å². The molecule has 0 rings (SSSR count). The van der Waals surface area contributed by atoms with Gasteiger partial charge in [0.2, 0.25) is 0 Å². The summed E-state index contributed by atoms with van der Waals surface area (Å²) in [6, 6.07) is 0. The molecule has 0 aromatic carbocycles. The van der Waals surface area contributed by atoms with E-state index in [1.807, 2.05) is 0 Å². The Morgan fingerprint density at radius 1 is 0.857 bits per heavy atom. The van der Waals surface area contributed by atoms with Crippen molar-refractivity contribution in [2.24, 2.45) is 0 Å². The Morgan fingerprint density at radius 3 is 1.07 bits per heavy atom. The molecule has 8 nitrogen and oxygen atoms in total. The van der Waals surface area contributed by atoms with Crippen LogP contribution in [-0.2, 0) is 9.59 Å². The maximum absolute atomic E-state index is 9.77. The third kappa shape index (κ3) is 10.9. The van der Waals surface area contributed by atoms with Gasteiger partial charge in [0.1, 0.15) is 0 Å². The average Bonchev–Trinajstić information content (AvgIpc) is 1.84. The fraction of sp³-hybridized carbons (Fsp3) is 0.500. The summed E-state index contributed by atoms with van der Waals surface area (Å²) in [5.74, 6) is -3.54. The number of hydrogen-bond donors (Lipinski definition) is 4. The van der Waals surface area contributed by atoms with Crippen molar-refractivity contribution in [1.82, 2.24) is 0 Å². The van der Waals surface area contributed by atoms with E-state index in [1.54, 1.807) is 0 Å². The molecule has 0 fully saturated rings. The number of hydrogen-bond acceptors (Lipinski definition) is 4. The SMILES string of the molecule is O.O.O=C(O)C(O)C(O)C(=O)O.[H-].[H-].[Na+].[Na+]. The van der Waals surface area contributed by atoms with E-state index < -0.39 is 24.1 Å². The van der Waals surface area contributed by atoms with Gasteiger partial charge in [-0.1, -0.05) is 0 Å². The fourth-order valence-corrected chi connectivity index (χ4v) is 0.270. The van der Waals surface area contributed by atoms with Crippen molar-refractivity contribution < 1.29 is 103 Å². The molecule has 0 aliphatic carbocycles. The first-order valence-electron chi connectivity index (χ1n) is 2.28. The summed E-state index contributed by atoms with van der Waals surface area (Å²) in [5, 5.41) is 32.5. The van der Waals surface area contributed by atoms with Crippen LogP contribution in [0.3, 0.4) is 0 Å². The second-order valence-corrected chi connectivity index (χ2v) is 1.57. The van der Waals surface area contributed by atoms with Crippen molar-refractivity contribution in [3.63, 3.8) is 0 Å². The fourth-order valence-electron chi connectivity index (χ4n) is 0.270. The number of carboxylic acid groups (broad SMARTS) is 2. The number of aliphatic hydroxyl groups is 2. The molecule has 0 aliphatic rings. The van der Waals surface area contributed by atoms with Gasteiger partial charge >= 0.3 is 71.1 Å². The summed E-state index contributed by atoms with van der Waals surface area (Å²) in [5.41, 5.74) is 0. The minimum absolute atomic E-state index is 0. The van der Waals surface area contributed by atoms with Crippen LogP contribution in [-0.4, -0.2) is 55.5 Å². The van der Waals surface area contributed by atoms with E-state index in [0.717, 1.165) is 0 Å². The van der Waals surface area contributed by atoms with E-state index >= 15 is 0 Å². The molecule has 0 spiro atoms. The van der Waals surface area contributed by atoms with Crippen molar-refractivity contribution in [2.75, 3.05) is 0 Å². The Bertz CT molecular complexity index is 152. The largest absolute Gasteiger partial charge is 1.00 e. The molecule has 0 heterocycles. The van der Waals surface area contributed by atoms with E-state index in [0.29, 0.717) is 0 Å². The standard InChI is InChI=1S/C4H6O6.2Na.2H2O.2H/c5-1(3(7)8)2(6)4(9)10;;;;;;/h1-2,5-6H,(H,7,8)(H,9,10);;;2*1H2;;/q;2*+1;;;2*-1. The molecule has 14 heavy (non-hydrogen) atoms. The van der Waals surface area contributed by atoms with E-state index in [2.05, 4.69) is 0 Å². The molecule has 10 heteroatoms. The van der Waals surface area contributed by atoms with Crippen molar-refractivity contribution in [3.8, 4) is 0 Å². The molecule has 2 atom stereocenters. The van der Waals surface area contributed by atoms with Gasteiger partial charge in [0, 0.05) is 0 Å². The van der Waals surface area contributed by atoms with Gasteiger partial charge in [-0.05, 0) is 0 Å². The third-order valence-corrected chi connectivity index (χ3v) is 0.805. The smallest absolute Gasteiger partial charge is 1.00 e. The molecular weight excluding hydrogens is 222 g/mol. The van der Waals surface area contributed by atoms with E-state index in [4.69, 9.17) is 20.4 Å². The first-order valence-corrected chi connectivity index (χ1v) is 2.28. The van der Waals surface area contributed by atoms with Crippen LogP contribution in [0.2, 0.25) is 0 Å². The van der Waals surface area contributed by atoms with E-state index in [1.165, 1.54) is 0 Å². The predicted molar refractivity (Wildman–Crippen MR) is 36.7 cm³/mol. The predicted octanol–water partition coefficient (Wildman–Crippen LogP) is -9.54. The molecular formula is C4H12Na2O8. The van der Waals surface area contributed by atoms with Gasteiger partial charge in [0.25, 0.3) is 0 Å². The van der Waals surface area contributed by atoms with Gasteiger partial charge in [0.15, 0.2) is 12.2 Å². The Hall–Kier alpha value is 0.780. The molecule has 0 radical (unpaired) electrons. The van der Waals surface area contributed by atoms with Crippen molar-refractivity contribution in [2.45, 2.75) is 12.2 Å². The van der Waals surface area contributed by atoms with Crippen LogP contribution < -0.4 is 59.1 Å². The van der Waals surface area contributed by atoms with E-state index in [9.17, 15) is 9.59 Å². The Balaban J connectivity index is -0.0000000270. The number of carbonyl (C=O) groups is 2. The van der Waals surface area contributed by atoms with Crippen LogP contribution in [0, 0.1) is 0 Å². The van der Waals surface area contributed by atoms with Gasteiger partial charge in [-0.3, -0.25) is 0 Å². The van der Waals surface area contributed by atoms with Crippen LogP contribution in [0.25, 0.3) is 0 Å². The van der Waals surface area contributed by atoms with Crippen LogP contribution >= 0.6 is 0 Å². The third-order valence-electron chi connectivity index (χ3n) is 0.805.